The van der Waals surface area contributed by atoms with Gasteiger partial charge < -0.3 is 10.6 Å². The summed E-state index contributed by atoms with van der Waals surface area (Å²) in [5.41, 5.74) is 0.404. The molecule has 1 atom stereocenters. The van der Waals surface area contributed by atoms with Crippen molar-refractivity contribution in [2.24, 2.45) is 5.92 Å². The number of sulfonamides is 1. The van der Waals surface area contributed by atoms with Crippen LogP contribution in [0.4, 0.5) is 5.69 Å². The Morgan fingerprint density at radius 1 is 1.19 bits per heavy atom. The van der Waals surface area contributed by atoms with Crippen LogP contribution in [-0.4, -0.2) is 43.7 Å². The van der Waals surface area contributed by atoms with Crippen LogP contribution in [0, 0.1) is 5.92 Å². The smallest absolute Gasteiger partial charge is 0.247 e. The maximum absolute atomic E-state index is 12.8. The van der Waals surface area contributed by atoms with Crippen LogP contribution in [0.2, 0.25) is 0 Å². The average molecular weight is 396 g/mol. The number of carbonyl (C=O) groups excluding carboxylic acids is 2. The second-order valence-electron chi connectivity index (χ2n) is 6.83. The predicted octanol–water partition coefficient (Wildman–Crippen LogP) is 2.35. The van der Waals surface area contributed by atoms with Crippen molar-refractivity contribution >= 4 is 27.5 Å². The van der Waals surface area contributed by atoms with Crippen LogP contribution in [0.1, 0.15) is 46.5 Å². The van der Waals surface area contributed by atoms with Gasteiger partial charge in [0.1, 0.15) is 6.04 Å². The van der Waals surface area contributed by atoms with E-state index in [1.54, 1.807) is 26.0 Å². The van der Waals surface area contributed by atoms with Crippen molar-refractivity contribution in [1.29, 1.82) is 0 Å². The minimum Gasteiger partial charge on any atom is -0.344 e. The van der Waals surface area contributed by atoms with Gasteiger partial charge in [-0.25, -0.2) is 8.42 Å². The molecule has 0 bridgehead atoms. The maximum Gasteiger partial charge on any atom is 0.247 e. The molecular weight excluding hydrogens is 366 g/mol. The fraction of sp³-hybridized carbons (Fsp3) is 0.579. The van der Waals surface area contributed by atoms with E-state index in [4.69, 9.17) is 0 Å². The molecule has 0 aliphatic heterocycles. The predicted molar refractivity (Wildman–Crippen MR) is 105 cm³/mol. The fourth-order valence-electron chi connectivity index (χ4n) is 3.57. The number of nitrogens with one attached hydrogen (secondary N) is 2. The zero-order valence-electron chi connectivity index (χ0n) is 16.2. The highest BCUT2D eigenvalue weighted by Gasteiger charge is 2.31. The van der Waals surface area contributed by atoms with E-state index in [0.29, 0.717) is 18.8 Å². The van der Waals surface area contributed by atoms with E-state index in [1.807, 2.05) is 0 Å². The standard InChI is InChI=1S/C19H29N3O4S/c1-4-22(5-2)27(25,26)17-12-8-11-16(13-17)21-19(24)18(20-14(3)23)15-9-6-7-10-15/h8,11-13,15,18H,4-7,9-10H2,1-3H3,(H,20,23)(H,21,24)/t18-/m0/s1. The van der Waals surface area contributed by atoms with Gasteiger partial charge in [-0.05, 0) is 37.0 Å². The Morgan fingerprint density at radius 3 is 2.37 bits per heavy atom. The van der Waals surface area contributed by atoms with Gasteiger partial charge in [0.2, 0.25) is 21.8 Å². The number of carbonyl (C=O) groups is 2. The summed E-state index contributed by atoms with van der Waals surface area (Å²) in [4.78, 5) is 24.4. The summed E-state index contributed by atoms with van der Waals surface area (Å²) in [5.74, 6) is -0.453. The molecule has 27 heavy (non-hydrogen) atoms. The van der Waals surface area contributed by atoms with Gasteiger partial charge in [-0.3, -0.25) is 9.59 Å². The second kappa shape index (κ2) is 9.32. The zero-order valence-corrected chi connectivity index (χ0v) is 17.0. The second-order valence-corrected chi connectivity index (χ2v) is 8.77. The fourth-order valence-corrected chi connectivity index (χ4v) is 5.08. The van der Waals surface area contributed by atoms with E-state index >= 15 is 0 Å². The molecule has 1 saturated carbocycles. The number of anilines is 1. The van der Waals surface area contributed by atoms with Gasteiger partial charge in [0, 0.05) is 25.7 Å². The van der Waals surface area contributed by atoms with E-state index < -0.39 is 16.1 Å². The first kappa shape index (κ1) is 21.4. The normalized spacial score (nSPS) is 16.3. The highest BCUT2D eigenvalue weighted by Crippen LogP contribution is 2.28. The lowest BCUT2D eigenvalue weighted by Gasteiger charge is -2.23. The van der Waals surface area contributed by atoms with E-state index in [1.165, 1.54) is 23.4 Å². The number of hydrogen-bond acceptors (Lipinski definition) is 4. The molecule has 1 fully saturated rings. The molecule has 2 amide bonds. The molecule has 1 aromatic rings. The van der Waals surface area contributed by atoms with E-state index in [0.717, 1.165) is 25.7 Å². The van der Waals surface area contributed by atoms with Crippen LogP contribution in [0.3, 0.4) is 0 Å². The number of benzene rings is 1. The van der Waals surface area contributed by atoms with Crippen molar-refractivity contribution < 1.29 is 18.0 Å². The van der Waals surface area contributed by atoms with Crippen LogP contribution in [-0.2, 0) is 19.6 Å². The third kappa shape index (κ3) is 5.29. The molecule has 150 valence electrons. The maximum atomic E-state index is 12.8. The molecule has 0 aromatic heterocycles. The summed E-state index contributed by atoms with van der Waals surface area (Å²) < 4.78 is 26.7. The molecule has 1 aliphatic rings. The Labute approximate surface area is 161 Å². The van der Waals surface area contributed by atoms with Crippen molar-refractivity contribution in [2.75, 3.05) is 18.4 Å². The number of hydrogen-bond donors (Lipinski definition) is 2. The Bertz CT molecular complexity index is 769. The molecule has 0 radical (unpaired) electrons. The summed E-state index contributed by atoms with van der Waals surface area (Å²) in [6.07, 6.45) is 3.89. The van der Waals surface area contributed by atoms with E-state index in [-0.39, 0.29) is 22.6 Å². The molecule has 2 N–H and O–H groups in total. The van der Waals surface area contributed by atoms with Gasteiger partial charge in [-0.15, -0.1) is 0 Å². The minimum atomic E-state index is -3.60. The molecule has 0 unspecified atom stereocenters. The lowest BCUT2D eigenvalue weighted by atomic mass is 9.97. The molecule has 8 heteroatoms. The summed E-state index contributed by atoms with van der Waals surface area (Å²) in [7, 11) is -3.60. The first-order chi connectivity index (χ1) is 12.8. The van der Waals surface area contributed by atoms with Gasteiger partial charge in [0.25, 0.3) is 0 Å². The Hall–Kier alpha value is -1.93. The van der Waals surface area contributed by atoms with Crippen LogP contribution in [0.15, 0.2) is 29.2 Å². The number of amides is 2. The van der Waals surface area contributed by atoms with Gasteiger partial charge in [0.05, 0.1) is 4.90 Å². The first-order valence-electron chi connectivity index (χ1n) is 9.47. The molecule has 1 aromatic carbocycles. The molecule has 0 saturated heterocycles. The van der Waals surface area contributed by atoms with E-state index in [9.17, 15) is 18.0 Å². The van der Waals surface area contributed by atoms with Crippen molar-refractivity contribution in [3.05, 3.63) is 24.3 Å². The Kier molecular flexibility index (Phi) is 7.38. The van der Waals surface area contributed by atoms with Crippen molar-refractivity contribution in [2.45, 2.75) is 57.4 Å². The third-order valence-electron chi connectivity index (χ3n) is 4.96. The molecule has 0 heterocycles. The summed E-state index contributed by atoms with van der Waals surface area (Å²) in [6, 6.07) is 5.64. The third-order valence-corrected chi connectivity index (χ3v) is 7.00. The molecule has 1 aliphatic carbocycles. The topological polar surface area (TPSA) is 95.6 Å². The van der Waals surface area contributed by atoms with Crippen LogP contribution < -0.4 is 10.6 Å². The van der Waals surface area contributed by atoms with Crippen LogP contribution in [0.5, 0.6) is 0 Å². The SMILES string of the molecule is CCN(CC)S(=O)(=O)c1cccc(NC(=O)[C@@H](NC(C)=O)C2CCCC2)c1. The van der Waals surface area contributed by atoms with Gasteiger partial charge in [-0.2, -0.15) is 4.31 Å². The van der Waals surface area contributed by atoms with Gasteiger partial charge >= 0.3 is 0 Å². The van der Waals surface area contributed by atoms with Gasteiger partial charge in [-0.1, -0.05) is 32.8 Å². The molecule has 7 nitrogen and oxygen atoms in total. The number of nitrogens with zero attached hydrogens (tertiary/aromatic N) is 1. The Balaban J connectivity index is 2.21. The summed E-state index contributed by atoms with van der Waals surface area (Å²) in [6.45, 7) is 5.72. The zero-order chi connectivity index (χ0) is 20.0. The first-order valence-corrected chi connectivity index (χ1v) is 10.9. The summed E-state index contributed by atoms with van der Waals surface area (Å²) in [5, 5.41) is 5.52. The quantitative estimate of drug-likeness (QED) is 0.706. The van der Waals surface area contributed by atoms with E-state index in [2.05, 4.69) is 10.6 Å². The average Bonchev–Trinajstić information content (AvgIpc) is 3.14. The van der Waals surface area contributed by atoms with Crippen LogP contribution in [0.25, 0.3) is 0 Å². The Morgan fingerprint density at radius 2 is 1.81 bits per heavy atom. The number of rotatable bonds is 8. The molecule has 0 spiro atoms. The lowest BCUT2D eigenvalue weighted by molar-refractivity contribution is -0.126. The van der Waals surface area contributed by atoms with Crippen LogP contribution >= 0.6 is 0 Å². The highest BCUT2D eigenvalue weighted by molar-refractivity contribution is 7.89. The van der Waals surface area contributed by atoms with Crippen molar-refractivity contribution in [1.82, 2.24) is 9.62 Å². The summed E-state index contributed by atoms with van der Waals surface area (Å²) >= 11 is 0. The molecule has 2 rings (SSSR count). The van der Waals surface area contributed by atoms with Crippen molar-refractivity contribution in [3.63, 3.8) is 0 Å². The van der Waals surface area contributed by atoms with Crippen molar-refractivity contribution in [3.8, 4) is 0 Å². The molecular formula is C19H29N3O4S. The monoisotopic (exact) mass is 395 g/mol. The largest absolute Gasteiger partial charge is 0.344 e. The lowest BCUT2D eigenvalue weighted by Crippen LogP contribution is -2.47. The highest BCUT2D eigenvalue weighted by atomic mass is 32.2. The minimum absolute atomic E-state index is 0.108. The van der Waals surface area contributed by atoms with Gasteiger partial charge in [0.15, 0.2) is 0 Å².